The van der Waals surface area contributed by atoms with Gasteiger partial charge in [-0.15, -0.1) is 0 Å². The molecule has 0 unspecified atom stereocenters. The number of H-pyrrole nitrogens is 1. The normalized spacial score (nSPS) is 10.7. The predicted octanol–water partition coefficient (Wildman–Crippen LogP) is 2.97. The molecular formula is C20H20N2O3. The molecule has 25 heavy (non-hydrogen) atoms. The van der Waals surface area contributed by atoms with Gasteiger partial charge in [0.05, 0.1) is 5.39 Å². The molecule has 0 saturated heterocycles. The van der Waals surface area contributed by atoms with Crippen molar-refractivity contribution in [3.63, 3.8) is 0 Å². The molecule has 1 aromatic heterocycles. The molecule has 5 heteroatoms. The summed E-state index contributed by atoms with van der Waals surface area (Å²) < 4.78 is 5.52. The summed E-state index contributed by atoms with van der Waals surface area (Å²) in [6, 6.07) is 13.4. The van der Waals surface area contributed by atoms with E-state index < -0.39 is 0 Å². The number of hydrogen-bond donors (Lipinski definition) is 1. The molecule has 2 aromatic carbocycles. The Hall–Kier alpha value is -3.08. The second kappa shape index (κ2) is 6.81. The minimum atomic E-state index is -0.184. The van der Waals surface area contributed by atoms with Crippen LogP contribution in [0, 0.1) is 6.92 Å². The van der Waals surface area contributed by atoms with E-state index in [1.165, 1.54) is 4.90 Å². The topological polar surface area (TPSA) is 62.4 Å². The summed E-state index contributed by atoms with van der Waals surface area (Å²) in [7, 11) is 3.34. The molecule has 0 radical (unpaired) electrons. The van der Waals surface area contributed by atoms with Crippen molar-refractivity contribution < 1.29 is 9.53 Å². The highest BCUT2D eigenvalue weighted by atomic mass is 16.5. The summed E-state index contributed by atoms with van der Waals surface area (Å²) in [6.45, 7) is 1.98. The van der Waals surface area contributed by atoms with Gasteiger partial charge in [0.1, 0.15) is 5.75 Å². The minimum Gasteiger partial charge on any atom is -0.484 e. The van der Waals surface area contributed by atoms with Gasteiger partial charge in [0.15, 0.2) is 6.61 Å². The molecule has 0 aliphatic rings. The Labute approximate surface area is 145 Å². The molecular weight excluding hydrogens is 316 g/mol. The number of aromatic nitrogens is 1. The van der Waals surface area contributed by atoms with E-state index in [0.717, 1.165) is 22.1 Å². The van der Waals surface area contributed by atoms with Crippen LogP contribution >= 0.6 is 0 Å². The molecule has 1 amide bonds. The third-order valence-electron chi connectivity index (χ3n) is 4.17. The highest BCUT2D eigenvalue weighted by Crippen LogP contribution is 2.30. The molecule has 3 aromatic rings. The van der Waals surface area contributed by atoms with Crippen molar-refractivity contribution in [3.05, 3.63) is 64.6 Å². The SMILES string of the molecule is Cc1ccccc1-c1c[nH]c(=O)c2cc(OCC(=O)N(C)C)ccc12. The molecule has 0 atom stereocenters. The summed E-state index contributed by atoms with van der Waals surface area (Å²) in [6.07, 6.45) is 1.74. The molecule has 0 fully saturated rings. The van der Waals surface area contributed by atoms with E-state index >= 15 is 0 Å². The van der Waals surface area contributed by atoms with Gasteiger partial charge < -0.3 is 14.6 Å². The molecule has 0 spiro atoms. The number of carbonyl (C=O) groups is 1. The van der Waals surface area contributed by atoms with Gasteiger partial charge in [-0.1, -0.05) is 24.3 Å². The van der Waals surface area contributed by atoms with E-state index in [9.17, 15) is 9.59 Å². The second-order valence-electron chi connectivity index (χ2n) is 6.13. The first-order valence-corrected chi connectivity index (χ1v) is 8.02. The average molecular weight is 336 g/mol. The van der Waals surface area contributed by atoms with Gasteiger partial charge in [-0.2, -0.15) is 0 Å². The number of fused-ring (bicyclic) bond motifs is 1. The Morgan fingerprint density at radius 3 is 2.56 bits per heavy atom. The number of amides is 1. The van der Waals surface area contributed by atoms with Crippen molar-refractivity contribution in [2.45, 2.75) is 6.92 Å². The van der Waals surface area contributed by atoms with Gasteiger partial charge in [-0.05, 0) is 41.6 Å². The van der Waals surface area contributed by atoms with Crippen LogP contribution in [0.25, 0.3) is 21.9 Å². The fraction of sp³-hybridized carbons (Fsp3) is 0.200. The lowest BCUT2D eigenvalue weighted by atomic mass is 9.97. The highest BCUT2D eigenvalue weighted by Gasteiger charge is 2.11. The third-order valence-corrected chi connectivity index (χ3v) is 4.17. The van der Waals surface area contributed by atoms with Crippen LogP contribution in [-0.2, 0) is 4.79 Å². The smallest absolute Gasteiger partial charge is 0.259 e. The van der Waals surface area contributed by atoms with E-state index in [4.69, 9.17) is 4.74 Å². The van der Waals surface area contributed by atoms with Crippen LogP contribution in [0.15, 0.2) is 53.5 Å². The minimum absolute atomic E-state index is 0.0616. The number of nitrogens with zero attached hydrogens (tertiary/aromatic N) is 1. The number of benzene rings is 2. The lowest BCUT2D eigenvalue weighted by Gasteiger charge is -2.13. The first-order valence-electron chi connectivity index (χ1n) is 8.02. The van der Waals surface area contributed by atoms with Crippen molar-refractivity contribution in [2.24, 2.45) is 0 Å². The van der Waals surface area contributed by atoms with Gasteiger partial charge >= 0.3 is 0 Å². The molecule has 0 aliphatic carbocycles. The summed E-state index contributed by atoms with van der Waals surface area (Å²) in [5.74, 6) is 0.359. The van der Waals surface area contributed by atoms with Crippen molar-refractivity contribution in [3.8, 4) is 16.9 Å². The number of ether oxygens (including phenoxy) is 1. The first-order chi connectivity index (χ1) is 12.0. The zero-order valence-corrected chi connectivity index (χ0v) is 14.5. The standard InChI is InChI=1S/C20H20N2O3/c1-13-6-4-5-7-15(13)18-11-21-20(24)17-10-14(8-9-16(17)18)25-12-19(23)22(2)3/h4-11H,12H2,1-3H3,(H,21,24). The number of pyridine rings is 1. The van der Waals surface area contributed by atoms with Crippen LogP contribution in [-0.4, -0.2) is 36.5 Å². The van der Waals surface area contributed by atoms with Crippen molar-refractivity contribution in [1.82, 2.24) is 9.88 Å². The summed E-state index contributed by atoms with van der Waals surface area (Å²) in [5.41, 5.74) is 2.98. The molecule has 1 N–H and O–H groups in total. The molecule has 1 heterocycles. The van der Waals surface area contributed by atoms with Gasteiger partial charge in [-0.3, -0.25) is 9.59 Å². The molecule has 0 saturated carbocycles. The molecule has 128 valence electrons. The lowest BCUT2D eigenvalue weighted by Crippen LogP contribution is -2.27. The second-order valence-corrected chi connectivity index (χ2v) is 6.13. The fourth-order valence-corrected chi connectivity index (χ4v) is 2.70. The number of aryl methyl sites for hydroxylation is 1. The quantitative estimate of drug-likeness (QED) is 0.797. The Kier molecular flexibility index (Phi) is 4.57. The zero-order valence-electron chi connectivity index (χ0n) is 14.5. The van der Waals surface area contributed by atoms with E-state index in [1.54, 1.807) is 32.4 Å². The number of carbonyl (C=O) groups excluding carboxylic acids is 1. The van der Waals surface area contributed by atoms with E-state index in [-0.39, 0.29) is 18.1 Å². The van der Waals surface area contributed by atoms with E-state index in [2.05, 4.69) is 4.98 Å². The Morgan fingerprint density at radius 2 is 1.84 bits per heavy atom. The van der Waals surface area contributed by atoms with Gasteiger partial charge in [0.2, 0.25) is 0 Å². The maximum atomic E-state index is 12.3. The Balaban J connectivity index is 2.04. The van der Waals surface area contributed by atoms with Crippen LogP contribution < -0.4 is 10.3 Å². The van der Waals surface area contributed by atoms with E-state index in [0.29, 0.717) is 11.1 Å². The maximum Gasteiger partial charge on any atom is 0.259 e. The largest absolute Gasteiger partial charge is 0.484 e. The Morgan fingerprint density at radius 1 is 1.08 bits per heavy atom. The third kappa shape index (κ3) is 3.40. The van der Waals surface area contributed by atoms with Gasteiger partial charge in [0, 0.05) is 25.9 Å². The van der Waals surface area contributed by atoms with Crippen molar-refractivity contribution >= 4 is 16.7 Å². The Bertz CT molecular complexity index is 990. The monoisotopic (exact) mass is 336 g/mol. The fourth-order valence-electron chi connectivity index (χ4n) is 2.70. The number of aromatic amines is 1. The summed E-state index contributed by atoms with van der Waals surface area (Å²) >= 11 is 0. The first kappa shape index (κ1) is 16.8. The van der Waals surface area contributed by atoms with Crippen LogP contribution in [0.2, 0.25) is 0 Å². The summed E-state index contributed by atoms with van der Waals surface area (Å²) in [4.78, 5) is 28.2. The zero-order chi connectivity index (χ0) is 18.0. The number of rotatable bonds is 4. The number of likely N-dealkylation sites (N-methyl/N-ethyl adjacent to an activating group) is 1. The van der Waals surface area contributed by atoms with Crippen LogP contribution in [0.3, 0.4) is 0 Å². The van der Waals surface area contributed by atoms with Gasteiger partial charge in [-0.25, -0.2) is 0 Å². The predicted molar refractivity (Wildman–Crippen MR) is 98.9 cm³/mol. The van der Waals surface area contributed by atoms with Crippen molar-refractivity contribution in [2.75, 3.05) is 20.7 Å². The van der Waals surface area contributed by atoms with Crippen LogP contribution in [0.4, 0.5) is 0 Å². The number of nitrogens with one attached hydrogen (secondary N) is 1. The maximum absolute atomic E-state index is 12.3. The lowest BCUT2D eigenvalue weighted by molar-refractivity contribution is -0.130. The average Bonchev–Trinajstić information content (AvgIpc) is 2.61. The molecule has 3 rings (SSSR count). The number of hydrogen-bond acceptors (Lipinski definition) is 3. The molecule has 0 aliphatic heterocycles. The molecule has 5 nitrogen and oxygen atoms in total. The van der Waals surface area contributed by atoms with Crippen LogP contribution in [0.1, 0.15) is 5.56 Å². The van der Waals surface area contributed by atoms with Crippen LogP contribution in [0.5, 0.6) is 5.75 Å². The summed E-state index contributed by atoms with van der Waals surface area (Å²) in [5, 5.41) is 1.39. The highest BCUT2D eigenvalue weighted by molar-refractivity contribution is 5.97. The van der Waals surface area contributed by atoms with E-state index in [1.807, 2.05) is 37.3 Å². The molecule has 0 bridgehead atoms. The van der Waals surface area contributed by atoms with Gasteiger partial charge in [0.25, 0.3) is 11.5 Å². The van der Waals surface area contributed by atoms with Crippen molar-refractivity contribution in [1.29, 1.82) is 0 Å².